The summed E-state index contributed by atoms with van der Waals surface area (Å²) >= 11 is 0. The predicted molar refractivity (Wildman–Crippen MR) is 102 cm³/mol. The average Bonchev–Trinajstić information content (AvgIpc) is 3.30. The molecule has 0 aliphatic carbocycles. The molecule has 27 heavy (non-hydrogen) atoms. The van der Waals surface area contributed by atoms with Crippen LogP contribution in [0, 0.1) is 5.92 Å². The highest BCUT2D eigenvalue weighted by molar-refractivity contribution is 7.89. The van der Waals surface area contributed by atoms with Gasteiger partial charge in [0.1, 0.15) is 11.5 Å². The van der Waals surface area contributed by atoms with E-state index < -0.39 is 10.0 Å². The molecule has 7 nitrogen and oxygen atoms in total. The van der Waals surface area contributed by atoms with Crippen LogP contribution in [0.3, 0.4) is 0 Å². The van der Waals surface area contributed by atoms with Crippen molar-refractivity contribution >= 4 is 10.0 Å². The molecular formula is C19H27N3O4S. The number of nitrogens with zero attached hydrogens (tertiary/aromatic N) is 3. The fourth-order valence-electron chi connectivity index (χ4n) is 3.55. The van der Waals surface area contributed by atoms with Gasteiger partial charge in [-0.2, -0.15) is 4.31 Å². The van der Waals surface area contributed by atoms with Crippen molar-refractivity contribution in [3.05, 3.63) is 36.3 Å². The van der Waals surface area contributed by atoms with Crippen LogP contribution >= 0.6 is 0 Å². The lowest BCUT2D eigenvalue weighted by atomic mass is 10.0. The fraction of sp³-hybridized carbons (Fsp3) is 0.526. The Morgan fingerprint density at radius 1 is 1.26 bits per heavy atom. The summed E-state index contributed by atoms with van der Waals surface area (Å²) in [6.07, 6.45) is 4.75. The number of rotatable bonds is 7. The summed E-state index contributed by atoms with van der Waals surface area (Å²) in [5, 5.41) is 0.0996. The minimum absolute atomic E-state index is 0.0996. The van der Waals surface area contributed by atoms with Crippen molar-refractivity contribution in [2.75, 3.05) is 20.8 Å². The number of sulfonamides is 1. The summed E-state index contributed by atoms with van der Waals surface area (Å²) in [7, 11) is -0.503. The highest BCUT2D eigenvalue weighted by atomic mass is 32.2. The summed E-state index contributed by atoms with van der Waals surface area (Å²) in [6, 6.07) is 5.23. The quantitative estimate of drug-likeness (QED) is 0.723. The summed E-state index contributed by atoms with van der Waals surface area (Å²) in [6.45, 7) is 5.37. The third kappa shape index (κ3) is 3.96. The number of hydrogen-bond donors (Lipinski definition) is 0. The highest BCUT2D eigenvalue weighted by Gasteiger charge is 2.38. The molecule has 0 saturated carbocycles. The molecule has 1 aliphatic rings. The number of ether oxygens (including phenoxy) is 2. The zero-order valence-corrected chi connectivity index (χ0v) is 17.1. The number of benzene rings is 1. The maximum absolute atomic E-state index is 13.2. The van der Waals surface area contributed by atoms with Crippen molar-refractivity contribution in [2.45, 2.75) is 44.3 Å². The second-order valence-electron chi connectivity index (χ2n) is 7.18. The van der Waals surface area contributed by atoms with Gasteiger partial charge >= 0.3 is 0 Å². The molecule has 0 N–H and O–H groups in total. The van der Waals surface area contributed by atoms with Crippen LogP contribution in [-0.4, -0.2) is 43.0 Å². The summed E-state index contributed by atoms with van der Waals surface area (Å²) in [5.41, 5.74) is 0.848. The fourth-order valence-corrected chi connectivity index (χ4v) is 5.16. The Labute approximate surface area is 161 Å². The van der Waals surface area contributed by atoms with E-state index in [1.807, 2.05) is 16.7 Å². The van der Waals surface area contributed by atoms with Crippen molar-refractivity contribution in [3.8, 4) is 11.5 Å². The Balaban J connectivity index is 1.93. The molecule has 0 amide bonds. The van der Waals surface area contributed by atoms with Gasteiger partial charge in [-0.25, -0.2) is 13.4 Å². The Kier molecular flexibility index (Phi) is 5.76. The van der Waals surface area contributed by atoms with Crippen molar-refractivity contribution < 1.29 is 17.9 Å². The normalized spacial score (nSPS) is 18.2. The molecule has 1 aromatic heterocycles. The van der Waals surface area contributed by atoms with E-state index in [1.54, 1.807) is 37.1 Å². The first kappa shape index (κ1) is 19.7. The summed E-state index contributed by atoms with van der Waals surface area (Å²) < 4.78 is 40.6. The van der Waals surface area contributed by atoms with Crippen molar-refractivity contribution in [3.63, 3.8) is 0 Å². The van der Waals surface area contributed by atoms with Crippen LogP contribution in [0.5, 0.6) is 11.5 Å². The minimum Gasteiger partial charge on any atom is -0.497 e. The first-order valence-corrected chi connectivity index (χ1v) is 10.6. The Hall–Kier alpha value is -2.06. The molecule has 0 bridgehead atoms. The average molecular weight is 394 g/mol. The number of methoxy groups -OCH3 is 2. The molecule has 1 saturated heterocycles. The van der Waals surface area contributed by atoms with Crippen molar-refractivity contribution in [2.24, 2.45) is 5.92 Å². The van der Waals surface area contributed by atoms with Crippen LogP contribution in [0.25, 0.3) is 0 Å². The van der Waals surface area contributed by atoms with Crippen LogP contribution in [-0.2, 0) is 16.6 Å². The maximum Gasteiger partial charge on any atom is 0.262 e. The molecule has 2 heterocycles. The number of imidazole rings is 1. The topological polar surface area (TPSA) is 73.7 Å². The zero-order valence-electron chi connectivity index (χ0n) is 16.3. The lowest BCUT2D eigenvalue weighted by molar-refractivity contribution is 0.360. The highest BCUT2D eigenvalue weighted by Crippen LogP contribution is 2.41. The van der Waals surface area contributed by atoms with E-state index in [-0.39, 0.29) is 11.1 Å². The third-order valence-electron chi connectivity index (χ3n) is 4.76. The van der Waals surface area contributed by atoms with Gasteiger partial charge in [-0.15, -0.1) is 0 Å². The number of aromatic nitrogens is 2. The van der Waals surface area contributed by atoms with Crippen LogP contribution in [0.4, 0.5) is 0 Å². The van der Waals surface area contributed by atoms with Crippen LogP contribution < -0.4 is 9.47 Å². The largest absolute Gasteiger partial charge is 0.497 e. The van der Waals surface area contributed by atoms with E-state index in [4.69, 9.17) is 9.47 Å². The second-order valence-corrected chi connectivity index (χ2v) is 9.02. The van der Waals surface area contributed by atoms with Gasteiger partial charge in [-0.1, -0.05) is 19.9 Å². The minimum atomic E-state index is -3.68. The molecular weight excluding hydrogens is 366 g/mol. The van der Waals surface area contributed by atoms with Gasteiger partial charge in [0.2, 0.25) is 0 Å². The van der Waals surface area contributed by atoms with Crippen LogP contribution in [0.15, 0.2) is 35.7 Å². The molecule has 0 radical (unpaired) electrons. The molecule has 1 aliphatic heterocycles. The van der Waals surface area contributed by atoms with Crippen LogP contribution in [0.2, 0.25) is 0 Å². The van der Waals surface area contributed by atoms with Gasteiger partial charge in [-0.3, -0.25) is 0 Å². The lowest BCUT2D eigenvalue weighted by Crippen LogP contribution is -2.31. The Morgan fingerprint density at radius 2 is 2.04 bits per heavy atom. The van der Waals surface area contributed by atoms with E-state index in [0.29, 0.717) is 24.0 Å². The molecule has 1 fully saturated rings. The van der Waals surface area contributed by atoms with Gasteiger partial charge in [0.05, 0.1) is 26.6 Å². The Morgan fingerprint density at radius 3 is 2.70 bits per heavy atom. The van der Waals surface area contributed by atoms with Gasteiger partial charge in [-0.05, 0) is 24.8 Å². The van der Waals surface area contributed by atoms with Crippen molar-refractivity contribution in [1.82, 2.24) is 13.9 Å². The van der Waals surface area contributed by atoms with E-state index >= 15 is 0 Å². The van der Waals surface area contributed by atoms with Gasteiger partial charge in [0.25, 0.3) is 10.0 Å². The Bertz CT molecular complexity index is 892. The molecule has 1 aromatic carbocycles. The van der Waals surface area contributed by atoms with Crippen LogP contribution in [0.1, 0.15) is 38.3 Å². The molecule has 8 heteroatoms. The van der Waals surface area contributed by atoms with Crippen molar-refractivity contribution in [1.29, 1.82) is 0 Å². The monoisotopic (exact) mass is 393 g/mol. The molecule has 0 unspecified atom stereocenters. The van der Waals surface area contributed by atoms with E-state index in [9.17, 15) is 8.42 Å². The summed E-state index contributed by atoms with van der Waals surface area (Å²) in [4.78, 5) is 4.17. The maximum atomic E-state index is 13.2. The van der Waals surface area contributed by atoms with Gasteiger partial charge < -0.3 is 14.0 Å². The lowest BCUT2D eigenvalue weighted by Gasteiger charge is -2.25. The van der Waals surface area contributed by atoms with E-state index in [2.05, 4.69) is 18.8 Å². The SMILES string of the molecule is COc1ccc([C@@H]2CCCN2S(=O)(=O)c2cn(CC(C)C)cn2)c(OC)c1. The van der Waals surface area contributed by atoms with E-state index in [1.165, 1.54) is 0 Å². The first-order valence-electron chi connectivity index (χ1n) is 9.12. The smallest absolute Gasteiger partial charge is 0.262 e. The zero-order chi connectivity index (χ0) is 19.6. The van der Waals surface area contributed by atoms with E-state index in [0.717, 1.165) is 24.9 Å². The molecule has 0 spiro atoms. The predicted octanol–water partition coefficient (Wildman–Crippen LogP) is 3.08. The van der Waals surface area contributed by atoms with Gasteiger partial charge in [0.15, 0.2) is 5.03 Å². The second kappa shape index (κ2) is 7.90. The van der Waals surface area contributed by atoms with Gasteiger partial charge in [0, 0.05) is 30.9 Å². The first-order chi connectivity index (χ1) is 12.9. The standard InChI is InChI=1S/C19H27N3O4S/c1-14(2)11-21-12-19(20-13-21)27(23,24)22-9-5-6-17(22)16-8-7-15(25-3)10-18(16)26-4/h7-8,10,12-14,17H,5-6,9,11H2,1-4H3/t17-/m0/s1. The summed E-state index contributed by atoms with van der Waals surface area (Å²) in [5.74, 6) is 1.72. The molecule has 148 valence electrons. The molecule has 3 rings (SSSR count). The molecule has 1 atom stereocenters. The third-order valence-corrected chi connectivity index (χ3v) is 6.56. The number of hydrogen-bond acceptors (Lipinski definition) is 5. The molecule has 2 aromatic rings.